The highest BCUT2D eigenvalue weighted by Crippen LogP contribution is 2.25. The molecule has 1 amide bonds. The number of hydrogen-bond acceptors (Lipinski definition) is 6. The number of nitriles is 1. The minimum Gasteiger partial charge on any atom is -0.478 e. The highest BCUT2D eigenvalue weighted by atomic mass is 16.5. The number of carbonyl (C=O) groups is 2. The van der Waals surface area contributed by atoms with Gasteiger partial charge in [0.05, 0.1) is 17.8 Å². The summed E-state index contributed by atoms with van der Waals surface area (Å²) in [6.45, 7) is 1.55. The fourth-order valence-corrected chi connectivity index (χ4v) is 1.99. The lowest BCUT2D eigenvalue weighted by atomic mass is 9.97. The first-order valence-electron chi connectivity index (χ1n) is 6.57. The number of benzene rings is 1. The fourth-order valence-electron chi connectivity index (χ4n) is 1.99. The summed E-state index contributed by atoms with van der Waals surface area (Å²) < 4.78 is 4.80. The lowest BCUT2D eigenvalue weighted by molar-refractivity contribution is -0.121. The third-order valence-corrected chi connectivity index (χ3v) is 3.22. The van der Waals surface area contributed by atoms with Crippen LogP contribution in [0.3, 0.4) is 0 Å². The number of nitrogens with zero attached hydrogens (tertiary/aromatic N) is 2. The number of aliphatic hydroxyl groups is 1. The summed E-state index contributed by atoms with van der Waals surface area (Å²) in [5, 5.41) is 34.2. The van der Waals surface area contributed by atoms with Crippen LogP contribution in [0.5, 0.6) is 0 Å². The summed E-state index contributed by atoms with van der Waals surface area (Å²) in [4.78, 5) is 23.1. The first-order chi connectivity index (χ1) is 10.9. The van der Waals surface area contributed by atoms with Crippen molar-refractivity contribution in [2.75, 3.05) is 5.32 Å². The van der Waals surface area contributed by atoms with Crippen LogP contribution in [0.1, 0.15) is 27.8 Å². The van der Waals surface area contributed by atoms with Gasteiger partial charge < -0.3 is 20.1 Å². The maximum absolute atomic E-state index is 12.2. The normalized spacial score (nSPS) is 12.9. The van der Waals surface area contributed by atoms with Crippen LogP contribution >= 0.6 is 0 Å². The van der Waals surface area contributed by atoms with Gasteiger partial charge in [-0.15, -0.1) is 0 Å². The van der Waals surface area contributed by atoms with Crippen molar-refractivity contribution in [3.8, 4) is 6.07 Å². The molecule has 0 aliphatic rings. The molecule has 118 valence electrons. The van der Waals surface area contributed by atoms with E-state index in [1.54, 1.807) is 13.0 Å². The standard InChI is InChI=1S/C15H13N3O5/c1-8-12(7-17-23-8)13(19)11(6-16)14(20)18-10-4-2-3-9(5-10)15(21)22/h2-5,7,11,13,19H,1H3,(H,18,20)(H,21,22). The molecule has 2 rings (SSSR count). The van der Waals surface area contributed by atoms with E-state index in [-0.39, 0.29) is 16.8 Å². The number of nitrogens with one attached hydrogen (secondary N) is 1. The van der Waals surface area contributed by atoms with Crippen molar-refractivity contribution in [1.29, 1.82) is 5.26 Å². The second kappa shape index (κ2) is 6.72. The quantitative estimate of drug-likeness (QED) is 0.760. The molecule has 0 aliphatic heterocycles. The van der Waals surface area contributed by atoms with E-state index in [1.807, 2.05) is 0 Å². The number of carbonyl (C=O) groups excluding carboxylic acids is 1. The molecular formula is C15H13N3O5. The van der Waals surface area contributed by atoms with E-state index in [2.05, 4.69) is 10.5 Å². The Hall–Kier alpha value is -3.18. The van der Waals surface area contributed by atoms with Crippen LogP contribution in [0.15, 0.2) is 35.0 Å². The second-order valence-corrected chi connectivity index (χ2v) is 4.76. The molecule has 8 heteroatoms. The Bertz CT molecular complexity index is 777. The molecule has 1 heterocycles. The maximum atomic E-state index is 12.2. The van der Waals surface area contributed by atoms with E-state index >= 15 is 0 Å². The zero-order valence-electron chi connectivity index (χ0n) is 12.1. The van der Waals surface area contributed by atoms with Crippen molar-refractivity contribution in [1.82, 2.24) is 5.16 Å². The van der Waals surface area contributed by atoms with Crippen LogP contribution in [-0.2, 0) is 4.79 Å². The number of rotatable bonds is 5. The minimum absolute atomic E-state index is 0.00765. The van der Waals surface area contributed by atoms with Gasteiger partial charge in [0, 0.05) is 11.3 Å². The number of aliphatic hydroxyl groups excluding tert-OH is 1. The molecule has 0 bridgehead atoms. The Morgan fingerprint density at radius 2 is 2.17 bits per heavy atom. The van der Waals surface area contributed by atoms with Crippen LogP contribution in [0.4, 0.5) is 5.69 Å². The predicted molar refractivity (Wildman–Crippen MR) is 77.3 cm³/mol. The third kappa shape index (κ3) is 3.53. The molecule has 0 radical (unpaired) electrons. The molecule has 8 nitrogen and oxygen atoms in total. The fraction of sp³-hybridized carbons (Fsp3) is 0.200. The SMILES string of the molecule is Cc1oncc1C(O)C(C#N)C(=O)Nc1cccc(C(=O)O)c1. The number of carboxylic acids is 1. The smallest absolute Gasteiger partial charge is 0.335 e. The van der Waals surface area contributed by atoms with Gasteiger partial charge in [-0.25, -0.2) is 4.79 Å². The van der Waals surface area contributed by atoms with Gasteiger partial charge in [-0.05, 0) is 25.1 Å². The van der Waals surface area contributed by atoms with Gasteiger partial charge in [0.2, 0.25) is 5.91 Å². The van der Waals surface area contributed by atoms with Gasteiger partial charge in [-0.2, -0.15) is 5.26 Å². The predicted octanol–water partition coefficient (Wildman–Crippen LogP) is 1.49. The second-order valence-electron chi connectivity index (χ2n) is 4.76. The van der Waals surface area contributed by atoms with Gasteiger partial charge in [0.1, 0.15) is 11.9 Å². The van der Waals surface area contributed by atoms with E-state index in [4.69, 9.17) is 14.9 Å². The van der Waals surface area contributed by atoms with Gasteiger partial charge in [-0.1, -0.05) is 11.2 Å². The van der Waals surface area contributed by atoms with Gasteiger partial charge in [0.15, 0.2) is 5.92 Å². The molecule has 2 aromatic rings. The average Bonchev–Trinajstić information content (AvgIpc) is 2.94. The van der Waals surface area contributed by atoms with Gasteiger partial charge in [0.25, 0.3) is 0 Å². The molecule has 0 saturated carbocycles. The van der Waals surface area contributed by atoms with Crippen molar-refractivity contribution in [3.63, 3.8) is 0 Å². The number of amides is 1. The summed E-state index contributed by atoms with van der Waals surface area (Å²) in [5.41, 5.74) is 0.446. The van der Waals surface area contributed by atoms with Crippen molar-refractivity contribution in [2.45, 2.75) is 13.0 Å². The zero-order valence-corrected chi connectivity index (χ0v) is 12.1. The molecule has 2 unspecified atom stereocenters. The average molecular weight is 315 g/mol. The maximum Gasteiger partial charge on any atom is 0.335 e. The topological polar surface area (TPSA) is 136 Å². The Morgan fingerprint density at radius 3 is 2.74 bits per heavy atom. The van der Waals surface area contributed by atoms with Crippen LogP contribution in [0, 0.1) is 24.2 Å². The summed E-state index contributed by atoms with van der Waals surface area (Å²) in [6, 6.07) is 7.29. The number of hydrogen-bond donors (Lipinski definition) is 3. The van der Waals surface area contributed by atoms with E-state index in [0.29, 0.717) is 5.76 Å². The van der Waals surface area contributed by atoms with Crippen molar-refractivity contribution in [3.05, 3.63) is 47.3 Å². The lowest BCUT2D eigenvalue weighted by Gasteiger charge is -2.15. The number of aromatic carboxylic acids is 1. The summed E-state index contributed by atoms with van der Waals surface area (Å²) in [6.07, 6.45) is -0.170. The molecule has 0 aliphatic carbocycles. The number of aromatic nitrogens is 1. The molecule has 2 atom stereocenters. The minimum atomic E-state index is -1.41. The molecule has 23 heavy (non-hydrogen) atoms. The molecular weight excluding hydrogens is 302 g/mol. The van der Waals surface area contributed by atoms with E-state index < -0.39 is 23.9 Å². The van der Waals surface area contributed by atoms with E-state index in [0.717, 1.165) is 0 Å². The first-order valence-corrected chi connectivity index (χ1v) is 6.57. The summed E-state index contributed by atoms with van der Waals surface area (Å²) in [5.74, 6) is -3.00. The number of carboxylic acid groups (broad SMARTS) is 1. The molecule has 1 aromatic heterocycles. The number of aryl methyl sites for hydroxylation is 1. The number of anilines is 1. The lowest BCUT2D eigenvalue weighted by Crippen LogP contribution is -2.27. The van der Waals surface area contributed by atoms with Gasteiger partial charge in [-0.3, -0.25) is 4.79 Å². The van der Waals surface area contributed by atoms with E-state index in [1.165, 1.54) is 30.5 Å². The zero-order chi connectivity index (χ0) is 17.0. The summed E-state index contributed by atoms with van der Waals surface area (Å²) in [7, 11) is 0. The molecule has 0 spiro atoms. The Kier molecular flexibility index (Phi) is 4.73. The molecule has 3 N–H and O–H groups in total. The highest BCUT2D eigenvalue weighted by molar-refractivity contribution is 5.96. The van der Waals surface area contributed by atoms with Crippen LogP contribution in [0.2, 0.25) is 0 Å². The van der Waals surface area contributed by atoms with Crippen molar-refractivity contribution < 1.29 is 24.3 Å². The third-order valence-electron chi connectivity index (χ3n) is 3.22. The van der Waals surface area contributed by atoms with Crippen LogP contribution in [-0.4, -0.2) is 27.2 Å². The van der Waals surface area contributed by atoms with Crippen molar-refractivity contribution in [2.24, 2.45) is 5.92 Å². The van der Waals surface area contributed by atoms with E-state index in [9.17, 15) is 14.7 Å². The van der Waals surface area contributed by atoms with Crippen molar-refractivity contribution >= 4 is 17.6 Å². The first kappa shape index (κ1) is 16.2. The van der Waals surface area contributed by atoms with Crippen LogP contribution < -0.4 is 5.32 Å². The summed E-state index contributed by atoms with van der Waals surface area (Å²) >= 11 is 0. The molecule has 0 fully saturated rings. The van der Waals surface area contributed by atoms with Gasteiger partial charge >= 0.3 is 5.97 Å². The Balaban J connectivity index is 2.18. The largest absolute Gasteiger partial charge is 0.478 e. The molecule has 1 aromatic carbocycles. The Morgan fingerprint density at radius 1 is 1.43 bits per heavy atom. The highest BCUT2D eigenvalue weighted by Gasteiger charge is 2.30. The Labute approximate surface area is 130 Å². The van der Waals surface area contributed by atoms with Crippen LogP contribution in [0.25, 0.3) is 0 Å². The monoisotopic (exact) mass is 315 g/mol. The molecule has 0 saturated heterocycles.